The molecule has 0 atom stereocenters. The maximum absolute atomic E-state index is 12.0. The maximum Gasteiger partial charge on any atom is 0.269 e. The smallest absolute Gasteiger partial charge is 0.269 e. The van der Waals surface area contributed by atoms with Crippen LogP contribution in [0.1, 0.15) is 11.1 Å². The first-order valence-electron chi connectivity index (χ1n) is 8.14. The standard InChI is InChI=1S/C20H20N2O5/c1-3-11-27-18-9-7-15(13-19(18)26-2)8-10-20(23)21-14-16-5-4-6-17(12-16)22(24)25/h3-10,12-13H,1,11,14H2,2H3,(H,21,23). The van der Waals surface area contributed by atoms with Gasteiger partial charge in [-0.3, -0.25) is 14.9 Å². The molecular weight excluding hydrogens is 348 g/mol. The molecule has 7 nitrogen and oxygen atoms in total. The molecule has 0 saturated heterocycles. The third-order valence-electron chi connectivity index (χ3n) is 3.56. The Balaban J connectivity index is 1.97. The third kappa shape index (κ3) is 6.00. The van der Waals surface area contributed by atoms with Crippen molar-refractivity contribution in [3.8, 4) is 11.5 Å². The Bertz CT molecular complexity index is 861. The van der Waals surface area contributed by atoms with E-state index in [4.69, 9.17) is 9.47 Å². The number of amides is 1. The first kappa shape index (κ1) is 19.7. The first-order valence-corrected chi connectivity index (χ1v) is 8.14. The molecule has 0 saturated carbocycles. The zero-order chi connectivity index (χ0) is 19.6. The molecular formula is C20H20N2O5. The van der Waals surface area contributed by atoms with Crippen molar-refractivity contribution in [2.45, 2.75) is 6.54 Å². The van der Waals surface area contributed by atoms with Crippen molar-refractivity contribution in [3.63, 3.8) is 0 Å². The molecule has 7 heteroatoms. The van der Waals surface area contributed by atoms with Gasteiger partial charge >= 0.3 is 0 Å². The van der Waals surface area contributed by atoms with Crippen LogP contribution in [-0.2, 0) is 11.3 Å². The van der Waals surface area contributed by atoms with Gasteiger partial charge in [-0.25, -0.2) is 0 Å². The van der Waals surface area contributed by atoms with E-state index >= 15 is 0 Å². The second kappa shape index (κ2) is 9.76. The number of nitro groups is 1. The number of hydrogen-bond acceptors (Lipinski definition) is 5. The van der Waals surface area contributed by atoms with Gasteiger partial charge in [-0.2, -0.15) is 0 Å². The number of carbonyl (C=O) groups excluding carboxylic acids is 1. The van der Waals surface area contributed by atoms with Crippen molar-refractivity contribution in [1.29, 1.82) is 0 Å². The lowest BCUT2D eigenvalue weighted by atomic mass is 10.2. The van der Waals surface area contributed by atoms with Gasteiger partial charge in [-0.05, 0) is 29.3 Å². The number of nitro benzene ring substituents is 1. The van der Waals surface area contributed by atoms with Crippen molar-refractivity contribution >= 4 is 17.7 Å². The minimum atomic E-state index is -0.471. The van der Waals surface area contributed by atoms with Crippen LogP contribution in [0, 0.1) is 10.1 Å². The van der Waals surface area contributed by atoms with E-state index in [0.29, 0.717) is 23.7 Å². The van der Waals surface area contributed by atoms with Crippen LogP contribution >= 0.6 is 0 Å². The number of rotatable bonds is 9. The molecule has 27 heavy (non-hydrogen) atoms. The summed E-state index contributed by atoms with van der Waals surface area (Å²) in [5.41, 5.74) is 1.41. The van der Waals surface area contributed by atoms with Crippen LogP contribution in [0.15, 0.2) is 61.2 Å². The fraction of sp³-hybridized carbons (Fsp3) is 0.150. The van der Waals surface area contributed by atoms with Gasteiger partial charge in [0.2, 0.25) is 5.91 Å². The molecule has 140 valence electrons. The topological polar surface area (TPSA) is 90.7 Å². The number of nitrogens with one attached hydrogen (secondary N) is 1. The Morgan fingerprint density at radius 3 is 2.78 bits per heavy atom. The van der Waals surface area contributed by atoms with E-state index in [1.807, 2.05) is 0 Å². The zero-order valence-electron chi connectivity index (χ0n) is 14.9. The van der Waals surface area contributed by atoms with E-state index in [-0.39, 0.29) is 18.1 Å². The van der Waals surface area contributed by atoms with Gasteiger partial charge in [0.05, 0.1) is 12.0 Å². The quantitative estimate of drug-likeness (QED) is 0.317. The highest BCUT2D eigenvalue weighted by Gasteiger charge is 2.07. The molecule has 0 fully saturated rings. The highest BCUT2D eigenvalue weighted by Crippen LogP contribution is 2.28. The van der Waals surface area contributed by atoms with E-state index in [0.717, 1.165) is 5.56 Å². The highest BCUT2D eigenvalue weighted by molar-refractivity contribution is 5.91. The minimum absolute atomic E-state index is 0.0110. The Hall–Kier alpha value is -3.61. The summed E-state index contributed by atoms with van der Waals surface area (Å²) in [7, 11) is 1.54. The van der Waals surface area contributed by atoms with Gasteiger partial charge in [-0.15, -0.1) is 0 Å². The molecule has 0 aliphatic carbocycles. The molecule has 1 N–H and O–H groups in total. The molecule has 0 unspecified atom stereocenters. The van der Waals surface area contributed by atoms with Crippen LogP contribution in [0.2, 0.25) is 0 Å². The molecule has 0 aliphatic rings. The van der Waals surface area contributed by atoms with Gasteiger partial charge in [-0.1, -0.05) is 30.9 Å². The van der Waals surface area contributed by atoms with Crippen LogP contribution in [-0.4, -0.2) is 24.5 Å². The summed E-state index contributed by atoms with van der Waals surface area (Å²) < 4.78 is 10.8. The van der Waals surface area contributed by atoms with Crippen molar-refractivity contribution in [2.75, 3.05) is 13.7 Å². The van der Waals surface area contributed by atoms with Crippen molar-refractivity contribution in [3.05, 3.63) is 82.4 Å². The molecule has 2 aromatic carbocycles. The second-order valence-corrected chi connectivity index (χ2v) is 5.49. The van der Waals surface area contributed by atoms with Gasteiger partial charge in [0.25, 0.3) is 5.69 Å². The molecule has 0 bridgehead atoms. The molecule has 0 radical (unpaired) electrons. The second-order valence-electron chi connectivity index (χ2n) is 5.49. The number of hydrogen-bond donors (Lipinski definition) is 1. The Morgan fingerprint density at radius 2 is 2.07 bits per heavy atom. The van der Waals surface area contributed by atoms with E-state index in [1.54, 1.807) is 42.5 Å². The molecule has 2 rings (SSSR count). The lowest BCUT2D eigenvalue weighted by Crippen LogP contribution is -2.20. The number of benzene rings is 2. The van der Waals surface area contributed by atoms with Crippen molar-refractivity contribution in [1.82, 2.24) is 5.32 Å². The van der Waals surface area contributed by atoms with Gasteiger partial charge in [0, 0.05) is 24.8 Å². The Kier molecular flexibility index (Phi) is 7.13. The van der Waals surface area contributed by atoms with Crippen molar-refractivity contribution in [2.24, 2.45) is 0 Å². The average Bonchev–Trinajstić information content (AvgIpc) is 2.69. The number of ether oxygens (including phenoxy) is 2. The minimum Gasteiger partial charge on any atom is -0.493 e. The summed E-state index contributed by atoms with van der Waals surface area (Å²) in [4.78, 5) is 22.3. The fourth-order valence-electron chi connectivity index (χ4n) is 2.26. The third-order valence-corrected chi connectivity index (χ3v) is 3.56. The predicted octanol–water partition coefficient (Wildman–Crippen LogP) is 3.50. The van der Waals surface area contributed by atoms with E-state index in [1.165, 1.54) is 25.3 Å². The molecule has 0 heterocycles. The maximum atomic E-state index is 12.0. The van der Waals surface area contributed by atoms with Crippen LogP contribution in [0.3, 0.4) is 0 Å². The van der Waals surface area contributed by atoms with Crippen LogP contribution in [0.4, 0.5) is 5.69 Å². The lowest BCUT2D eigenvalue weighted by molar-refractivity contribution is -0.384. The summed E-state index contributed by atoms with van der Waals surface area (Å²) in [5, 5.41) is 13.5. The van der Waals surface area contributed by atoms with Gasteiger partial charge in [0.1, 0.15) is 6.61 Å². The number of non-ortho nitro benzene ring substituents is 1. The SMILES string of the molecule is C=CCOc1ccc(C=CC(=O)NCc2cccc([N+](=O)[O-])c2)cc1OC. The van der Waals surface area contributed by atoms with Crippen LogP contribution < -0.4 is 14.8 Å². The van der Waals surface area contributed by atoms with Crippen LogP contribution in [0.25, 0.3) is 6.08 Å². The number of carbonyl (C=O) groups is 1. The molecule has 0 aromatic heterocycles. The average molecular weight is 368 g/mol. The molecule has 0 spiro atoms. The van der Waals surface area contributed by atoms with Crippen LogP contribution in [0.5, 0.6) is 11.5 Å². The van der Waals surface area contributed by atoms with E-state index in [2.05, 4.69) is 11.9 Å². The summed E-state index contributed by atoms with van der Waals surface area (Å²) >= 11 is 0. The van der Waals surface area contributed by atoms with Gasteiger partial charge in [0.15, 0.2) is 11.5 Å². The summed E-state index contributed by atoms with van der Waals surface area (Å²) in [6, 6.07) is 11.4. The summed E-state index contributed by atoms with van der Waals surface area (Å²) in [6.45, 7) is 4.16. The molecule has 1 amide bonds. The van der Waals surface area contributed by atoms with Crippen molar-refractivity contribution < 1.29 is 19.2 Å². The molecule has 2 aromatic rings. The number of methoxy groups -OCH3 is 1. The zero-order valence-corrected chi connectivity index (χ0v) is 14.9. The largest absolute Gasteiger partial charge is 0.493 e. The van der Waals surface area contributed by atoms with E-state index < -0.39 is 4.92 Å². The highest BCUT2D eigenvalue weighted by atomic mass is 16.6. The normalized spacial score (nSPS) is 10.4. The van der Waals surface area contributed by atoms with Gasteiger partial charge < -0.3 is 14.8 Å². The fourth-order valence-corrected chi connectivity index (χ4v) is 2.26. The summed E-state index contributed by atoms with van der Waals surface area (Å²) in [5.74, 6) is 0.827. The lowest BCUT2D eigenvalue weighted by Gasteiger charge is -2.09. The first-order chi connectivity index (χ1) is 13.0. The summed E-state index contributed by atoms with van der Waals surface area (Å²) in [6.07, 6.45) is 4.66. The predicted molar refractivity (Wildman–Crippen MR) is 103 cm³/mol. The molecule has 0 aliphatic heterocycles. The number of nitrogens with zero attached hydrogens (tertiary/aromatic N) is 1. The Morgan fingerprint density at radius 1 is 1.26 bits per heavy atom. The monoisotopic (exact) mass is 368 g/mol. The van der Waals surface area contributed by atoms with E-state index in [9.17, 15) is 14.9 Å². The Labute approximate surface area is 157 Å².